The molecule has 5 nitrogen and oxygen atoms in total. The number of halogens is 1. The molecule has 0 aliphatic carbocycles. The van der Waals surface area contributed by atoms with Crippen molar-refractivity contribution in [2.24, 2.45) is 0 Å². The summed E-state index contributed by atoms with van der Waals surface area (Å²) in [5, 5.41) is 0. The number of hydrogen-bond donors (Lipinski definition) is 0. The van der Waals surface area contributed by atoms with Gasteiger partial charge in [-0.05, 0) is 49.4 Å². The first-order chi connectivity index (χ1) is 17.2. The third kappa shape index (κ3) is 9.50. The molecule has 0 N–H and O–H groups in total. The van der Waals surface area contributed by atoms with Gasteiger partial charge in [-0.2, -0.15) is 0 Å². The Hall–Kier alpha value is -2.63. The summed E-state index contributed by atoms with van der Waals surface area (Å²) in [6.07, 6.45) is 10.2. The smallest absolute Gasteiger partial charge is 0.159 e. The van der Waals surface area contributed by atoms with E-state index in [0.29, 0.717) is 31.5 Å². The van der Waals surface area contributed by atoms with Gasteiger partial charge >= 0.3 is 0 Å². The van der Waals surface area contributed by atoms with Gasteiger partial charge in [-0.1, -0.05) is 62.6 Å². The molecular formula is C29H37ClN2O3. The maximum absolute atomic E-state index is 5.87. The summed E-state index contributed by atoms with van der Waals surface area (Å²) in [6.45, 7) is 6.18. The zero-order valence-electron chi connectivity index (χ0n) is 20.9. The van der Waals surface area contributed by atoms with Crippen LogP contribution in [0.1, 0.15) is 52.4 Å². The van der Waals surface area contributed by atoms with Crippen LogP contribution in [0.15, 0.2) is 60.9 Å². The summed E-state index contributed by atoms with van der Waals surface area (Å²) in [7, 11) is 0. The molecule has 0 amide bonds. The lowest BCUT2D eigenvalue weighted by atomic mass is 10.0. The van der Waals surface area contributed by atoms with Gasteiger partial charge in [0.1, 0.15) is 12.4 Å². The molecular weight excluding hydrogens is 460 g/mol. The van der Waals surface area contributed by atoms with E-state index in [4.69, 9.17) is 25.8 Å². The Morgan fingerprint density at radius 2 is 1.34 bits per heavy atom. The van der Waals surface area contributed by atoms with Gasteiger partial charge < -0.3 is 14.2 Å². The van der Waals surface area contributed by atoms with Gasteiger partial charge in [-0.15, -0.1) is 11.6 Å². The summed E-state index contributed by atoms with van der Waals surface area (Å²) in [4.78, 5) is 8.94. The first-order valence-electron chi connectivity index (χ1n) is 12.7. The van der Waals surface area contributed by atoms with Crippen molar-refractivity contribution in [3.8, 4) is 34.0 Å². The molecule has 0 spiro atoms. The fraction of sp³-hybridized carbons (Fsp3) is 0.448. The fourth-order valence-electron chi connectivity index (χ4n) is 3.56. The Morgan fingerprint density at radius 1 is 0.714 bits per heavy atom. The molecule has 0 saturated heterocycles. The van der Waals surface area contributed by atoms with Gasteiger partial charge in [0, 0.05) is 18.1 Å². The predicted molar refractivity (Wildman–Crippen MR) is 143 cm³/mol. The van der Waals surface area contributed by atoms with Gasteiger partial charge in [-0.25, -0.2) is 9.97 Å². The Kier molecular flexibility index (Phi) is 11.9. The van der Waals surface area contributed by atoms with Crippen LogP contribution in [0.2, 0.25) is 0 Å². The van der Waals surface area contributed by atoms with E-state index in [9.17, 15) is 0 Å². The van der Waals surface area contributed by atoms with Gasteiger partial charge in [0.25, 0.3) is 0 Å². The summed E-state index contributed by atoms with van der Waals surface area (Å²) in [6, 6.07) is 16.4. The van der Waals surface area contributed by atoms with Crippen molar-refractivity contribution in [2.45, 2.75) is 58.5 Å². The van der Waals surface area contributed by atoms with E-state index in [2.05, 4.69) is 41.2 Å². The van der Waals surface area contributed by atoms with Crippen LogP contribution >= 0.6 is 11.6 Å². The molecule has 3 aromatic rings. The monoisotopic (exact) mass is 496 g/mol. The largest absolute Gasteiger partial charge is 0.491 e. The minimum Gasteiger partial charge on any atom is -0.491 e. The third-order valence-electron chi connectivity index (χ3n) is 5.64. The molecule has 6 heteroatoms. The number of aromatic nitrogens is 2. The third-order valence-corrected chi connectivity index (χ3v) is 5.91. The van der Waals surface area contributed by atoms with Gasteiger partial charge in [0.15, 0.2) is 11.6 Å². The van der Waals surface area contributed by atoms with E-state index >= 15 is 0 Å². The molecule has 0 aliphatic rings. The van der Waals surface area contributed by atoms with Crippen LogP contribution in [0.4, 0.5) is 0 Å². The summed E-state index contributed by atoms with van der Waals surface area (Å²) in [5.74, 6) is 2.93. The second-order valence-electron chi connectivity index (χ2n) is 8.64. The number of hydrogen-bond acceptors (Lipinski definition) is 5. The first-order valence-corrected chi connectivity index (χ1v) is 13.2. The second kappa shape index (κ2) is 15.4. The number of unbranched alkanes of at least 4 members (excludes halogenated alkanes) is 4. The highest BCUT2D eigenvalue weighted by atomic mass is 35.5. The van der Waals surface area contributed by atoms with Crippen molar-refractivity contribution in [2.75, 3.05) is 25.7 Å². The lowest BCUT2D eigenvalue weighted by molar-refractivity contribution is 0.0309. The maximum Gasteiger partial charge on any atom is 0.159 e. The highest BCUT2D eigenvalue weighted by Crippen LogP contribution is 2.25. The molecule has 1 aromatic heterocycles. The average molecular weight is 497 g/mol. The Morgan fingerprint density at radius 3 is 2.00 bits per heavy atom. The minimum absolute atomic E-state index is 0.0474. The molecule has 3 rings (SSSR count). The molecule has 1 heterocycles. The van der Waals surface area contributed by atoms with E-state index in [1.54, 1.807) is 12.4 Å². The molecule has 0 fully saturated rings. The van der Waals surface area contributed by atoms with Crippen LogP contribution in [-0.4, -0.2) is 41.8 Å². The van der Waals surface area contributed by atoms with Crippen molar-refractivity contribution in [3.05, 3.63) is 60.9 Å². The molecule has 0 saturated carbocycles. The molecule has 2 aromatic carbocycles. The molecule has 1 atom stereocenters. The van der Waals surface area contributed by atoms with Crippen LogP contribution in [0.3, 0.4) is 0 Å². The van der Waals surface area contributed by atoms with Gasteiger partial charge in [0.2, 0.25) is 0 Å². The zero-order chi connectivity index (χ0) is 24.7. The summed E-state index contributed by atoms with van der Waals surface area (Å²) < 4.78 is 17.3. The van der Waals surface area contributed by atoms with Crippen LogP contribution in [0.25, 0.3) is 22.5 Å². The van der Waals surface area contributed by atoms with Crippen molar-refractivity contribution in [1.82, 2.24) is 9.97 Å². The number of ether oxygens (including phenoxy) is 3. The Labute approximate surface area is 214 Å². The standard InChI is InChI=1S/C29H37ClN2O3/c1-3-4-5-7-19-34-28-20-31-29(32-21-28)26-11-9-24(10-12-26)25-13-15-27(16-14-25)35-22-23(2)33-18-8-6-17-30/h9-16,20-21,23H,3-8,17-19,22H2,1-2H3/t23-/m1/s1. The Balaban J connectivity index is 1.47. The second-order valence-corrected chi connectivity index (χ2v) is 9.02. The van der Waals surface area contributed by atoms with E-state index in [1.807, 2.05) is 31.2 Å². The van der Waals surface area contributed by atoms with E-state index in [-0.39, 0.29) is 6.10 Å². The van der Waals surface area contributed by atoms with Crippen LogP contribution in [0.5, 0.6) is 11.5 Å². The summed E-state index contributed by atoms with van der Waals surface area (Å²) in [5.41, 5.74) is 3.23. The van der Waals surface area contributed by atoms with Gasteiger partial charge in [0.05, 0.1) is 25.1 Å². The lowest BCUT2D eigenvalue weighted by Gasteiger charge is -2.14. The van der Waals surface area contributed by atoms with Crippen molar-refractivity contribution in [3.63, 3.8) is 0 Å². The Bertz CT molecular complexity index is 963. The molecule has 35 heavy (non-hydrogen) atoms. The number of rotatable bonds is 16. The number of nitrogens with zero attached hydrogens (tertiary/aromatic N) is 2. The number of alkyl halides is 1. The predicted octanol–water partition coefficient (Wildman–Crippen LogP) is 7.57. The topological polar surface area (TPSA) is 53.5 Å². The van der Waals surface area contributed by atoms with Gasteiger partial charge in [-0.3, -0.25) is 0 Å². The number of benzene rings is 2. The van der Waals surface area contributed by atoms with Crippen molar-refractivity contribution in [1.29, 1.82) is 0 Å². The molecule has 0 unspecified atom stereocenters. The van der Waals surface area contributed by atoms with Crippen LogP contribution < -0.4 is 9.47 Å². The van der Waals surface area contributed by atoms with E-state index in [1.165, 1.54) is 19.3 Å². The zero-order valence-corrected chi connectivity index (χ0v) is 21.7. The molecule has 0 bridgehead atoms. The molecule has 0 radical (unpaired) electrons. The van der Waals surface area contributed by atoms with Crippen LogP contribution in [0, 0.1) is 0 Å². The highest BCUT2D eigenvalue weighted by molar-refractivity contribution is 6.17. The lowest BCUT2D eigenvalue weighted by Crippen LogP contribution is -2.18. The highest BCUT2D eigenvalue weighted by Gasteiger charge is 2.06. The average Bonchev–Trinajstić information content (AvgIpc) is 2.91. The first kappa shape index (κ1) is 27.0. The quantitative estimate of drug-likeness (QED) is 0.151. The summed E-state index contributed by atoms with van der Waals surface area (Å²) >= 11 is 5.69. The van der Waals surface area contributed by atoms with Crippen molar-refractivity contribution < 1.29 is 14.2 Å². The fourth-order valence-corrected chi connectivity index (χ4v) is 3.75. The molecule has 0 aliphatic heterocycles. The van der Waals surface area contributed by atoms with Crippen LogP contribution in [-0.2, 0) is 4.74 Å². The molecule has 188 valence electrons. The SMILES string of the molecule is CCCCCCOc1cnc(-c2ccc(-c3ccc(OC[C@@H](C)OCCCCCl)cc3)cc2)nc1. The van der Waals surface area contributed by atoms with E-state index in [0.717, 1.165) is 47.5 Å². The van der Waals surface area contributed by atoms with Crippen molar-refractivity contribution >= 4 is 11.6 Å². The maximum atomic E-state index is 5.87. The van der Waals surface area contributed by atoms with E-state index < -0.39 is 0 Å². The minimum atomic E-state index is 0.0474. The normalized spacial score (nSPS) is 11.9.